The number of ether oxygens (including phenoxy) is 2. The summed E-state index contributed by atoms with van der Waals surface area (Å²) in [5.41, 5.74) is 1.96. The van der Waals surface area contributed by atoms with Gasteiger partial charge in [-0.3, -0.25) is 4.79 Å². The first-order valence-corrected chi connectivity index (χ1v) is 9.55. The molecule has 7 nitrogen and oxygen atoms in total. The number of rotatable bonds is 10. The van der Waals surface area contributed by atoms with Crippen LogP contribution in [-0.4, -0.2) is 36.9 Å². The summed E-state index contributed by atoms with van der Waals surface area (Å²) in [4.78, 5) is 12.1. The number of aryl methyl sites for hydroxylation is 1. The minimum atomic E-state index is 0.00766. The molecule has 3 rings (SSSR count). The van der Waals surface area contributed by atoms with Crippen LogP contribution in [0.15, 0.2) is 52.9 Å². The molecule has 0 spiro atoms. The molecule has 29 heavy (non-hydrogen) atoms. The number of hydrogen-bond donors (Lipinski definition) is 1. The van der Waals surface area contributed by atoms with Gasteiger partial charge in [-0.2, -0.15) is 0 Å². The molecule has 0 bridgehead atoms. The van der Waals surface area contributed by atoms with E-state index in [4.69, 9.17) is 13.9 Å². The van der Waals surface area contributed by atoms with Crippen molar-refractivity contribution in [2.45, 2.75) is 25.7 Å². The average molecular weight is 395 g/mol. The standard InChI is InChI=1S/C22H25N3O4/c1-27-18-12-11-16(15-19(18)28-2)13-14-23-20(26)9-6-10-21-24-25-22(29-21)17-7-4-3-5-8-17/h3-5,7-8,11-12,15H,6,9-10,13-14H2,1-2H3,(H,23,26). The lowest BCUT2D eigenvalue weighted by molar-refractivity contribution is -0.121. The zero-order valence-corrected chi connectivity index (χ0v) is 16.7. The molecule has 0 aliphatic rings. The Balaban J connectivity index is 1.38. The van der Waals surface area contributed by atoms with Crippen molar-refractivity contribution in [2.24, 2.45) is 0 Å². The fourth-order valence-electron chi connectivity index (χ4n) is 2.92. The van der Waals surface area contributed by atoms with Gasteiger partial charge in [0.05, 0.1) is 14.2 Å². The third kappa shape index (κ3) is 5.81. The molecule has 152 valence electrons. The van der Waals surface area contributed by atoms with E-state index in [-0.39, 0.29) is 5.91 Å². The van der Waals surface area contributed by atoms with Crippen LogP contribution < -0.4 is 14.8 Å². The fourth-order valence-corrected chi connectivity index (χ4v) is 2.92. The second-order valence-electron chi connectivity index (χ2n) is 6.51. The number of carbonyl (C=O) groups is 1. The van der Waals surface area contributed by atoms with Gasteiger partial charge in [-0.15, -0.1) is 10.2 Å². The maximum absolute atomic E-state index is 12.1. The SMILES string of the molecule is COc1ccc(CCNC(=O)CCCc2nnc(-c3ccccc3)o2)cc1OC. The van der Waals surface area contributed by atoms with E-state index in [2.05, 4.69) is 15.5 Å². The Hall–Kier alpha value is -3.35. The third-order valence-electron chi connectivity index (χ3n) is 4.47. The van der Waals surface area contributed by atoms with Gasteiger partial charge >= 0.3 is 0 Å². The van der Waals surface area contributed by atoms with Crippen LogP contribution in [0.4, 0.5) is 0 Å². The van der Waals surface area contributed by atoms with E-state index in [0.717, 1.165) is 17.5 Å². The van der Waals surface area contributed by atoms with Crippen molar-refractivity contribution >= 4 is 5.91 Å². The van der Waals surface area contributed by atoms with Crippen LogP contribution in [0.3, 0.4) is 0 Å². The Morgan fingerprint density at radius 2 is 1.79 bits per heavy atom. The van der Waals surface area contributed by atoms with Gasteiger partial charge < -0.3 is 19.2 Å². The molecular weight excluding hydrogens is 370 g/mol. The highest BCUT2D eigenvalue weighted by Gasteiger charge is 2.09. The first-order chi connectivity index (χ1) is 14.2. The normalized spacial score (nSPS) is 10.6. The lowest BCUT2D eigenvalue weighted by Crippen LogP contribution is -2.25. The smallest absolute Gasteiger partial charge is 0.247 e. The Bertz CT molecular complexity index is 925. The highest BCUT2D eigenvalue weighted by molar-refractivity contribution is 5.75. The van der Waals surface area contributed by atoms with Crippen LogP contribution in [0, 0.1) is 0 Å². The first kappa shape index (κ1) is 20.4. The molecule has 1 heterocycles. The van der Waals surface area contributed by atoms with E-state index in [0.29, 0.717) is 49.1 Å². The average Bonchev–Trinajstić information content (AvgIpc) is 3.23. The van der Waals surface area contributed by atoms with Gasteiger partial charge in [0.1, 0.15) is 0 Å². The highest BCUT2D eigenvalue weighted by Crippen LogP contribution is 2.27. The van der Waals surface area contributed by atoms with Crippen LogP contribution in [0.1, 0.15) is 24.3 Å². The number of nitrogens with zero attached hydrogens (tertiary/aromatic N) is 2. The Labute approximate surface area is 170 Å². The number of nitrogens with one attached hydrogen (secondary N) is 1. The van der Waals surface area contributed by atoms with Crippen LogP contribution in [0.5, 0.6) is 11.5 Å². The topological polar surface area (TPSA) is 86.5 Å². The summed E-state index contributed by atoms with van der Waals surface area (Å²) >= 11 is 0. The highest BCUT2D eigenvalue weighted by atomic mass is 16.5. The molecule has 1 aromatic heterocycles. The fraction of sp³-hybridized carbons (Fsp3) is 0.318. The van der Waals surface area contributed by atoms with E-state index < -0.39 is 0 Å². The molecule has 0 saturated carbocycles. The minimum Gasteiger partial charge on any atom is -0.493 e. The molecular formula is C22H25N3O4. The zero-order chi connectivity index (χ0) is 20.5. The summed E-state index contributed by atoms with van der Waals surface area (Å²) in [6, 6.07) is 15.4. The predicted octanol–water partition coefficient (Wildman–Crippen LogP) is 3.44. The van der Waals surface area contributed by atoms with Crippen molar-refractivity contribution in [3.63, 3.8) is 0 Å². The van der Waals surface area contributed by atoms with E-state index in [1.807, 2.05) is 48.5 Å². The minimum absolute atomic E-state index is 0.00766. The van der Waals surface area contributed by atoms with Gasteiger partial charge in [0.2, 0.25) is 17.7 Å². The summed E-state index contributed by atoms with van der Waals surface area (Å²) in [5, 5.41) is 11.0. The van der Waals surface area contributed by atoms with Gasteiger partial charge in [-0.1, -0.05) is 24.3 Å². The monoisotopic (exact) mass is 395 g/mol. The summed E-state index contributed by atoms with van der Waals surface area (Å²) in [5.74, 6) is 2.43. The van der Waals surface area contributed by atoms with E-state index >= 15 is 0 Å². The zero-order valence-electron chi connectivity index (χ0n) is 16.7. The molecule has 3 aromatic rings. The molecule has 7 heteroatoms. The van der Waals surface area contributed by atoms with Gasteiger partial charge in [0, 0.05) is 24.9 Å². The summed E-state index contributed by atoms with van der Waals surface area (Å²) in [6.07, 6.45) is 2.35. The van der Waals surface area contributed by atoms with Crippen molar-refractivity contribution in [3.8, 4) is 23.0 Å². The molecule has 0 atom stereocenters. The van der Waals surface area contributed by atoms with Crippen LogP contribution >= 0.6 is 0 Å². The molecule has 0 saturated heterocycles. The Morgan fingerprint density at radius 1 is 1.00 bits per heavy atom. The van der Waals surface area contributed by atoms with Crippen LogP contribution in [0.2, 0.25) is 0 Å². The lowest BCUT2D eigenvalue weighted by atomic mass is 10.1. The number of amides is 1. The van der Waals surface area contributed by atoms with Gasteiger partial charge in [-0.05, 0) is 42.7 Å². The van der Waals surface area contributed by atoms with Crippen molar-refractivity contribution in [2.75, 3.05) is 20.8 Å². The van der Waals surface area contributed by atoms with Gasteiger partial charge in [-0.25, -0.2) is 0 Å². The molecule has 2 aromatic carbocycles. The number of hydrogen-bond acceptors (Lipinski definition) is 6. The molecule has 0 fully saturated rings. The largest absolute Gasteiger partial charge is 0.493 e. The molecule has 1 amide bonds. The number of aromatic nitrogens is 2. The van der Waals surface area contributed by atoms with Crippen molar-refractivity contribution in [1.82, 2.24) is 15.5 Å². The Kier molecular flexibility index (Phi) is 7.22. The second-order valence-corrected chi connectivity index (χ2v) is 6.51. The quantitative estimate of drug-likeness (QED) is 0.566. The molecule has 0 radical (unpaired) electrons. The summed E-state index contributed by atoms with van der Waals surface area (Å²) in [7, 11) is 3.21. The van der Waals surface area contributed by atoms with Crippen molar-refractivity contribution < 1.29 is 18.7 Å². The number of carbonyl (C=O) groups excluding carboxylic acids is 1. The predicted molar refractivity (Wildman–Crippen MR) is 109 cm³/mol. The van der Waals surface area contributed by atoms with Crippen LogP contribution in [0.25, 0.3) is 11.5 Å². The summed E-state index contributed by atoms with van der Waals surface area (Å²) < 4.78 is 16.2. The second kappa shape index (κ2) is 10.3. The number of benzene rings is 2. The molecule has 0 unspecified atom stereocenters. The van der Waals surface area contributed by atoms with E-state index in [1.165, 1.54) is 0 Å². The first-order valence-electron chi connectivity index (χ1n) is 9.55. The third-order valence-corrected chi connectivity index (χ3v) is 4.47. The molecule has 1 N–H and O–H groups in total. The maximum Gasteiger partial charge on any atom is 0.247 e. The van der Waals surface area contributed by atoms with E-state index in [9.17, 15) is 4.79 Å². The number of methoxy groups -OCH3 is 2. The van der Waals surface area contributed by atoms with Gasteiger partial charge in [0.25, 0.3) is 0 Å². The van der Waals surface area contributed by atoms with Crippen molar-refractivity contribution in [1.29, 1.82) is 0 Å². The lowest BCUT2D eigenvalue weighted by Gasteiger charge is -2.10. The molecule has 0 aliphatic heterocycles. The Morgan fingerprint density at radius 3 is 2.55 bits per heavy atom. The molecule has 0 aliphatic carbocycles. The summed E-state index contributed by atoms with van der Waals surface area (Å²) in [6.45, 7) is 0.563. The van der Waals surface area contributed by atoms with Gasteiger partial charge in [0.15, 0.2) is 11.5 Å². The van der Waals surface area contributed by atoms with Crippen molar-refractivity contribution in [3.05, 3.63) is 60.0 Å². The van der Waals surface area contributed by atoms with Crippen LogP contribution in [-0.2, 0) is 17.6 Å². The maximum atomic E-state index is 12.1. The van der Waals surface area contributed by atoms with E-state index in [1.54, 1.807) is 14.2 Å².